The van der Waals surface area contributed by atoms with Crippen LogP contribution in [0, 0.1) is 5.82 Å². The number of nitrogens with one attached hydrogen (secondary N) is 1. The number of anilines is 1. The van der Waals surface area contributed by atoms with Crippen molar-refractivity contribution >= 4 is 15.7 Å². The molecule has 1 heterocycles. The quantitative estimate of drug-likeness (QED) is 0.409. The lowest BCUT2D eigenvalue weighted by atomic mass is 10.1. The van der Waals surface area contributed by atoms with Gasteiger partial charge in [-0.3, -0.25) is 4.72 Å². The summed E-state index contributed by atoms with van der Waals surface area (Å²) in [7, 11) is -2.61. The van der Waals surface area contributed by atoms with Crippen LogP contribution in [0.2, 0.25) is 0 Å². The first kappa shape index (κ1) is 21.4. The summed E-state index contributed by atoms with van der Waals surface area (Å²) in [6.07, 6.45) is 0. The van der Waals surface area contributed by atoms with E-state index in [-0.39, 0.29) is 34.4 Å². The number of benzene rings is 3. The number of rotatable bonds is 8. The van der Waals surface area contributed by atoms with Gasteiger partial charge >= 0.3 is 0 Å². The SMILES string of the molecule is COc1ccc(-c2noc(COc3ccccc3)c2NS(=O)(=O)c2ccccc2)cc1F. The largest absolute Gasteiger partial charge is 0.494 e. The van der Waals surface area contributed by atoms with Crippen molar-refractivity contribution in [2.24, 2.45) is 0 Å². The molecule has 0 saturated heterocycles. The van der Waals surface area contributed by atoms with E-state index in [2.05, 4.69) is 9.88 Å². The minimum Gasteiger partial charge on any atom is -0.494 e. The highest BCUT2D eigenvalue weighted by Crippen LogP contribution is 2.34. The lowest BCUT2D eigenvalue weighted by Crippen LogP contribution is -2.14. The van der Waals surface area contributed by atoms with Crippen LogP contribution in [-0.4, -0.2) is 20.7 Å². The smallest absolute Gasteiger partial charge is 0.262 e. The zero-order valence-corrected chi connectivity index (χ0v) is 17.8. The van der Waals surface area contributed by atoms with Gasteiger partial charge in [0.15, 0.2) is 23.9 Å². The second kappa shape index (κ2) is 9.11. The Morgan fingerprint density at radius 3 is 2.34 bits per heavy atom. The molecule has 0 bridgehead atoms. The lowest BCUT2D eigenvalue weighted by Gasteiger charge is -2.11. The molecule has 0 aliphatic heterocycles. The summed E-state index contributed by atoms with van der Waals surface area (Å²) in [5, 5.41) is 3.98. The monoisotopic (exact) mass is 454 g/mol. The first-order valence-corrected chi connectivity index (χ1v) is 11.0. The van der Waals surface area contributed by atoms with Gasteiger partial charge in [-0.1, -0.05) is 41.6 Å². The highest BCUT2D eigenvalue weighted by Gasteiger charge is 2.25. The van der Waals surface area contributed by atoms with Crippen LogP contribution in [0.5, 0.6) is 11.5 Å². The van der Waals surface area contributed by atoms with Gasteiger partial charge in [0.1, 0.15) is 17.1 Å². The van der Waals surface area contributed by atoms with Crippen molar-refractivity contribution in [3.63, 3.8) is 0 Å². The maximum absolute atomic E-state index is 14.3. The van der Waals surface area contributed by atoms with Crippen LogP contribution in [0.15, 0.2) is 88.3 Å². The van der Waals surface area contributed by atoms with E-state index in [4.69, 9.17) is 14.0 Å². The van der Waals surface area contributed by atoms with Crippen LogP contribution >= 0.6 is 0 Å². The van der Waals surface area contributed by atoms with Gasteiger partial charge in [0, 0.05) is 5.56 Å². The van der Waals surface area contributed by atoms with Gasteiger partial charge in [-0.15, -0.1) is 0 Å². The van der Waals surface area contributed by atoms with Crippen LogP contribution in [0.25, 0.3) is 11.3 Å². The predicted octanol–water partition coefficient (Wildman–Crippen LogP) is 4.87. The molecule has 3 aromatic carbocycles. The molecular formula is C23H19FN2O5S. The molecule has 0 aliphatic rings. The first-order chi connectivity index (χ1) is 15.5. The summed E-state index contributed by atoms with van der Waals surface area (Å²) in [5.41, 5.74) is 0.496. The van der Waals surface area contributed by atoms with Crippen molar-refractivity contribution in [2.45, 2.75) is 11.5 Å². The normalized spacial score (nSPS) is 11.2. The van der Waals surface area contributed by atoms with Crippen LogP contribution in [-0.2, 0) is 16.6 Å². The molecule has 0 spiro atoms. The molecule has 1 aromatic heterocycles. The van der Waals surface area contributed by atoms with E-state index in [9.17, 15) is 12.8 Å². The Morgan fingerprint density at radius 1 is 1.00 bits per heavy atom. The second-order valence-electron chi connectivity index (χ2n) is 6.70. The molecule has 0 saturated carbocycles. The minimum absolute atomic E-state index is 0.0521. The molecule has 4 rings (SSSR count). The molecule has 0 atom stereocenters. The Balaban J connectivity index is 1.73. The molecule has 0 fully saturated rings. The van der Waals surface area contributed by atoms with Crippen molar-refractivity contribution in [3.05, 3.63) is 90.4 Å². The Morgan fingerprint density at radius 2 is 1.69 bits per heavy atom. The number of nitrogens with zero attached hydrogens (tertiary/aromatic N) is 1. The molecule has 9 heteroatoms. The van der Waals surface area contributed by atoms with Crippen LogP contribution in [0.4, 0.5) is 10.1 Å². The zero-order chi connectivity index (χ0) is 22.6. The standard InChI is InChI=1S/C23H19FN2O5S/c1-29-20-13-12-16(14-19(20)24)22-23(26-32(27,28)18-10-6-3-7-11-18)21(31-25-22)15-30-17-8-4-2-5-9-17/h2-14,26H,15H2,1H3. The summed E-state index contributed by atoms with van der Waals surface area (Å²) in [4.78, 5) is 0.0583. The average Bonchev–Trinajstić information content (AvgIpc) is 3.20. The number of halogens is 1. The van der Waals surface area contributed by atoms with Crippen molar-refractivity contribution in [1.82, 2.24) is 5.16 Å². The molecule has 4 aromatic rings. The van der Waals surface area contributed by atoms with Crippen LogP contribution in [0.3, 0.4) is 0 Å². The van der Waals surface area contributed by atoms with E-state index >= 15 is 0 Å². The van der Waals surface area contributed by atoms with Crippen molar-refractivity contribution in [2.75, 3.05) is 11.8 Å². The third-order valence-electron chi connectivity index (χ3n) is 4.59. The van der Waals surface area contributed by atoms with Gasteiger partial charge < -0.3 is 14.0 Å². The number of para-hydroxylation sites is 1. The van der Waals surface area contributed by atoms with E-state index in [1.54, 1.807) is 48.5 Å². The van der Waals surface area contributed by atoms with Gasteiger partial charge in [-0.25, -0.2) is 12.8 Å². The number of sulfonamides is 1. The summed E-state index contributed by atoms with van der Waals surface area (Å²) >= 11 is 0. The number of methoxy groups -OCH3 is 1. The van der Waals surface area contributed by atoms with Crippen molar-refractivity contribution in [1.29, 1.82) is 0 Å². The number of hydrogen-bond acceptors (Lipinski definition) is 6. The average molecular weight is 454 g/mol. The van der Waals surface area contributed by atoms with E-state index in [1.165, 1.54) is 31.4 Å². The van der Waals surface area contributed by atoms with Gasteiger partial charge in [0.05, 0.1) is 12.0 Å². The third kappa shape index (κ3) is 4.57. The number of aromatic nitrogens is 1. The van der Waals surface area contributed by atoms with E-state index in [0.717, 1.165) is 0 Å². The highest BCUT2D eigenvalue weighted by molar-refractivity contribution is 7.92. The van der Waals surface area contributed by atoms with E-state index in [0.29, 0.717) is 11.3 Å². The second-order valence-corrected chi connectivity index (χ2v) is 8.38. The highest BCUT2D eigenvalue weighted by atomic mass is 32.2. The van der Waals surface area contributed by atoms with Crippen LogP contribution < -0.4 is 14.2 Å². The van der Waals surface area contributed by atoms with Gasteiger partial charge in [0.25, 0.3) is 10.0 Å². The first-order valence-electron chi connectivity index (χ1n) is 9.56. The van der Waals surface area contributed by atoms with Crippen molar-refractivity contribution < 1.29 is 26.8 Å². The number of hydrogen-bond donors (Lipinski definition) is 1. The molecule has 164 valence electrons. The van der Waals surface area contributed by atoms with Crippen molar-refractivity contribution in [3.8, 4) is 22.8 Å². The van der Waals surface area contributed by atoms with Gasteiger partial charge in [-0.05, 0) is 42.5 Å². The summed E-state index contributed by atoms with van der Waals surface area (Å²) in [5.74, 6) is 0.139. The molecule has 0 unspecified atom stereocenters. The third-order valence-corrected chi connectivity index (χ3v) is 5.96. The fourth-order valence-corrected chi connectivity index (χ4v) is 4.11. The summed E-state index contributed by atoms with van der Waals surface area (Å²) < 4.78 is 58.8. The van der Waals surface area contributed by atoms with Gasteiger partial charge in [0.2, 0.25) is 0 Å². The number of ether oxygens (including phenoxy) is 2. The Labute approximate surface area is 184 Å². The molecule has 0 amide bonds. The molecule has 7 nitrogen and oxygen atoms in total. The Kier molecular flexibility index (Phi) is 6.09. The predicted molar refractivity (Wildman–Crippen MR) is 116 cm³/mol. The molecule has 32 heavy (non-hydrogen) atoms. The van der Waals surface area contributed by atoms with E-state index < -0.39 is 15.8 Å². The topological polar surface area (TPSA) is 90.7 Å². The van der Waals surface area contributed by atoms with Crippen LogP contribution in [0.1, 0.15) is 5.76 Å². The minimum atomic E-state index is -3.97. The fraction of sp³-hybridized carbons (Fsp3) is 0.0870. The van der Waals surface area contributed by atoms with Gasteiger partial charge in [-0.2, -0.15) is 0 Å². The lowest BCUT2D eigenvalue weighted by molar-refractivity contribution is 0.250. The maximum atomic E-state index is 14.3. The molecule has 0 aliphatic carbocycles. The fourth-order valence-electron chi connectivity index (χ4n) is 3.00. The van der Waals surface area contributed by atoms with E-state index in [1.807, 2.05) is 6.07 Å². The summed E-state index contributed by atoms with van der Waals surface area (Å²) in [6.45, 7) is -0.0949. The Hall–Kier alpha value is -3.85. The maximum Gasteiger partial charge on any atom is 0.262 e. The Bertz CT molecular complexity index is 1310. The molecule has 0 radical (unpaired) electrons. The summed E-state index contributed by atoms with van der Waals surface area (Å²) in [6, 6.07) is 21.0. The molecular weight excluding hydrogens is 435 g/mol. The molecule has 1 N–H and O–H groups in total. The zero-order valence-electron chi connectivity index (χ0n) is 17.0.